The zero-order chi connectivity index (χ0) is 9.64. The maximum atomic E-state index is 11.6. The molecule has 2 unspecified atom stereocenters. The number of hydrogen-bond donors (Lipinski definition) is 0. The van der Waals surface area contributed by atoms with Gasteiger partial charge in [-0.25, -0.2) is 12.7 Å². The summed E-state index contributed by atoms with van der Waals surface area (Å²) in [5, 5.41) is -0.685. The molecule has 2 aliphatic rings. The number of amides is 1. The van der Waals surface area contributed by atoms with Crippen molar-refractivity contribution in [1.82, 2.24) is 4.31 Å². The van der Waals surface area contributed by atoms with E-state index in [-0.39, 0.29) is 5.91 Å². The number of fused-ring (bicyclic) bond motifs is 1. The Bertz CT molecular complexity index is 407. The average molecular weight is 199 g/mol. The van der Waals surface area contributed by atoms with E-state index >= 15 is 0 Å². The van der Waals surface area contributed by atoms with Gasteiger partial charge in [0.05, 0.1) is 5.92 Å². The quantitative estimate of drug-likeness (QED) is 0.547. The minimum absolute atomic E-state index is 0.342. The van der Waals surface area contributed by atoms with Crippen LogP contribution in [0.1, 0.15) is 0 Å². The summed E-state index contributed by atoms with van der Waals surface area (Å²) >= 11 is 0. The van der Waals surface area contributed by atoms with Crippen LogP contribution in [0.15, 0.2) is 24.3 Å². The Kier molecular flexibility index (Phi) is 1.60. The molecule has 13 heavy (non-hydrogen) atoms. The molecule has 0 aromatic heterocycles. The van der Waals surface area contributed by atoms with Crippen LogP contribution >= 0.6 is 0 Å². The van der Waals surface area contributed by atoms with Gasteiger partial charge in [-0.15, -0.1) is 0 Å². The molecular formula is C8H9NO3S. The standard InChI is InChI=1S/C8H9NO3S/c1-9-8(10)6-4-2-3-5-7(6)13(9,11)12/h2-7H,1H3. The molecule has 1 aliphatic heterocycles. The Morgan fingerprint density at radius 2 is 1.92 bits per heavy atom. The lowest BCUT2D eigenvalue weighted by molar-refractivity contribution is -0.126. The fraction of sp³-hybridized carbons (Fsp3) is 0.375. The van der Waals surface area contributed by atoms with Gasteiger partial charge in [-0.3, -0.25) is 4.79 Å². The molecule has 1 heterocycles. The minimum atomic E-state index is -3.43. The summed E-state index contributed by atoms with van der Waals surface area (Å²) in [6.07, 6.45) is 6.55. The molecule has 2 atom stereocenters. The maximum absolute atomic E-state index is 11.6. The van der Waals surface area contributed by atoms with E-state index < -0.39 is 21.2 Å². The van der Waals surface area contributed by atoms with Crippen LogP contribution in [-0.4, -0.2) is 30.9 Å². The van der Waals surface area contributed by atoms with Crippen molar-refractivity contribution in [2.45, 2.75) is 5.25 Å². The number of carbonyl (C=O) groups excluding carboxylic acids is 1. The average Bonchev–Trinajstić information content (AvgIpc) is 2.30. The summed E-state index contributed by atoms with van der Waals surface area (Å²) < 4.78 is 24.0. The molecule has 0 aromatic carbocycles. The molecule has 1 saturated heterocycles. The molecular weight excluding hydrogens is 190 g/mol. The number of nitrogens with zero attached hydrogens (tertiary/aromatic N) is 1. The summed E-state index contributed by atoms with van der Waals surface area (Å²) in [7, 11) is -2.13. The lowest BCUT2D eigenvalue weighted by atomic mass is 10.00. The third kappa shape index (κ3) is 0.966. The van der Waals surface area contributed by atoms with Crippen molar-refractivity contribution in [3.05, 3.63) is 24.3 Å². The first kappa shape index (κ1) is 8.50. The van der Waals surface area contributed by atoms with Crippen molar-refractivity contribution in [3.63, 3.8) is 0 Å². The summed E-state index contributed by atoms with van der Waals surface area (Å²) in [6.45, 7) is 0. The predicted molar refractivity (Wildman–Crippen MR) is 47.2 cm³/mol. The Morgan fingerprint density at radius 3 is 2.54 bits per heavy atom. The number of rotatable bonds is 0. The van der Waals surface area contributed by atoms with Crippen LogP contribution in [0.3, 0.4) is 0 Å². The van der Waals surface area contributed by atoms with Crippen LogP contribution in [-0.2, 0) is 14.8 Å². The molecule has 0 radical (unpaired) electrons. The Morgan fingerprint density at radius 1 is 1.31 bits per heavy atom. The molecule has 1 amide bonds. The van der Waals surface area contributed by atoms with Gasteiger partial charge in [-0.2, -0.15) is 0 Å². The van der Waals surface area contributed by atoms with Crippen LogP contribution < -0.4 is 0 Å². The second-order valence-electron chi connectivity index (χ2n) is 3.11. The van der Waals surface area contributed by atoms with Gasteiger partial charge in [0.25, 0.3) is 0 Å². The molecule has 2 rings (SSSR count). The molecule has 1 aliphatic carbocycles. The Hall–Kier alpha value is -1.10. The van der Waals surface area contributed by atoms with Crippen molar-refractivity contribution in [3.8, 4) is 0 Å². The second kappa shape index (κ2) is 2.45. The van der Waals surface area contributed by atoms with E-state index in [1.54, 1.807) is 24.3 Å². The van der Waals surface area contributed by atoms with Crippen molar-refractivity contribution >= 4 is 15.9 Å². The van der Waals surface area contributed by atoms with Crippen molar-refractivity contribution in [2.75, 3.05) is 7.05 Å². The van der Waals surface area contributed by atoms with E-state index in [2.05, 4.69) is 0 Å². The topological polar surface area (TPSA) is 54.5 Å². The summed E-state index contributed by atoms with van der Waals surface area (Å²) in [5.41, 5.74) is 0. The molecule has 1 fully saturated rings. The third-order valence-electron chi connectivity index (χ3n) is 2.41. The molecule has 4 nitrogen and oxygen atoms in total. The van der Waals surface area contributed by atoms with Gasteiger partial charge in [-0.05, 0) is 0 Å². The lowest BCUT2D eigenvalue weighted by Gasteiger charge is -2.10. The zero-order valence-electron chi connectivity index (χ0n) is 7.04. The van der Waals surface area contributed by atoms with Crippen LogP contribution in [0.2, 0.25) is 0 Å². The van der Waals surface area contributed by atoms with Crippen molar-refractivity contribution in [1.29, 1.82) is 0 Å². The van der Waals surface area contributed by atoms with Crippen molar-refractivity contribution < 1.29 is 13.2 Å². The first-order valence-corrected chi connectivity index (χ1v) is 5.42. The van der Waals surface area contributed by atoms with E-state index in [1.165, 1.54) is 7.05 Å². The SMILES string of the molecule is CN1C(=O)C2C=CC=CC2S1(=O)=O. The van der Waals surface area contributed by atoms with Gasteiger partial charge in [0, 0.05) is 7.05 Å². The lowest BCUT2D eigenvalue weighted by Crippen LogP contribution is -2.27. The minimum Gasteiger partial charge on any atom is -0.273 e. The number of carbonyl (C=O) groups is 1. The second-order valence-corrected chi connectivity index (χ2v) is 5.23. The Labute approximate surface area is 76.6 Å². The fourth-order valence-corrected chi connectivity index (χ4v) is 3.22. The maximum Gasteiger partial charge on any atom is 0.244 e. The third-order valence-corrected chi connectivity index (χ3v) is 4.49. The predicted octanol–water partition coefficient (Wildman–Crippen LogP) is -0.101. The van der Waals surface area contributed by atoms with Crippen LogP contribution in [0.5, 0.6) is 0 Å². The first-order chi connectivity index (χ1) is 6.05. The van der Waals surface area contributed by atoms with Gasteiger partial charge in [0.2, 0.25) is 15.9 Å². The van der Waals surface area contributed by atoms with Gasteiger partial charge in [-0.1, -0.05) is 24.3 Å². The molecule has 70 valence electrons. The highest BCUT2D eigenvalue weighted by atomic mass is 32.2. The highest BCUT2D eigenvalue weighted by Crippen LogP contribution is 2.31. The summed E-state index contributed by atoms with van der Waals surface area (Å²) in [6, 6.07) is 0. The van der Waals surface area contributed by atoms with Gasteiger partial charge < -0.3 is 0 Å². The monoisotopic (exact) mass is 199 g/mol. The van der Waals surface area contributed by atoms with E-state index in [0.29, 0.717) is 0 Å². The largest absolute Gasteiger partial charge is 0.273 e. The number of allylic oxidation sites excluding steroid dienone is 2. The smallest absolute Gasteiger partial charge is 0.244 e. The van der Waals surface area contributed by atoms with Crippen LogP contribution in [0, 0.1) is 5.92 Å². The molecule has 0 saturated carbocycles. The van der Waals surface area contributed by atoms with Crippen LogP contribution in [0.25, 0.3) is 0 Å². The summed E-state index contributed by atoms with van der Waals surface area (Å²) in [4.78, 5) is 11.4. The van der Waals surface area contributed by atoms with E-state index in [0.717, 1.165) is 4.31 Å². The first-order valence-electron chi connectivity index (χ1n) is 3.92. The number of hydrogen-bond acceptors (Lipinski definition) is 3. The normalized spacial score (nSPS) is 35.2. The van der Waals surface area contributed by atoms with E-state index in [9.17, 15) is 13.2 Å². The molecule has 0 N–H and O–H groups in total. The fourth-order valence-electron chi connectivity index (χ4n) is 1.61. The van der Waals surface area contributed by atoms with Gasteiger partial charge in [0.1, 0.15) is 5.25 Å². The van der Waals surface area contributed by atoms with Gasteiger partial charge >= 0.3 is 0 Å². The Balaban J connectivity index is 2.55. The van der Waals surface area contributed by atoms with E-state index in [4.69, 9.17) is 0 Å². The highest BCUT2D eigenvalue weighted by molar-refractivity contribution is 7.91. The van der Waals surface area contributed by atoms with Gasteiger partial charge in [0.15, 0.2) is 0 Å². The molecule has 0 bridgehead atoms. The highest BCUT2D eigenvalue weighted by Gasteiger charge is 2.48. The number of sulfonamides is 1. The van der Waals surface area contributed by atoms with Crippen LogP contribution in [0.4, 0.5) is 0 Å². The molecule has 0 spiro atoms. The zero-order valence-corrected chi connectivity index (χ0v) is 7.86. The molecule has 5 heteroatoms. The van der Waals surface area contributed by atoms with Crippen molar-refractivity contribution in [2.24, 2.45) is 5.92 Å². The van der Waals surface area contributed by atoms with E-state index in [1.807, 2.05) is 0 Å². The molecule has 0 aromatic rings. The summed E-state index contributed by atoms with van der Waals surface area (Å²) in [5.74, 6) is -0.856.